The Morgan fingerprint density at radius 3 is 2.54 bits per heavy atom. The van der Waals surface area contributed by atoms with Gasteiger partial charge in [-0.05, 0) is 59.2 Å². The van der Waals surface area contributed by atoms with Gasteiger partial charge in [0.05, 0.1) is 7.11 Å². The zero-order valence-electron chi connectivity index (χ0n) is 15.1. The van der Waals surface area contributed by atoms with Crippen LogP contribution in [-0.2, 0) is 6.54 Å². The maximum Gasteiger partial charge on any atom is 0.161 e. The molecule has 1 heterocycles. The van der Waals surface area contributed by atoms with Crippen molar-refractivity contribution < 1.29 is 14.2 Å². The fraction of sp³-hybridized carbons (Fsp3) is 0.273. The number of hydrogen-bond donors (Lipinski definition) is 1. The largest absolute Gasteiger partial charge is 0.497 e. The number of methoxy groups -OCH3 is 1. The summed E-state index contributed by atoms with van der Waals surface area (Å²) in [5.74, 6) is 2.55. The predicted molar refractivity (Wildman–Crippen MR) is 103 cm³/mol. The maximum atomic E-state index is 5.68. The van der Waals surface area contributed by atoms with Crippen LogP contribution in [0.15, 0.2) is 54.6 Å². The van der Waals surface area contributed by atoms with Crippen LogP contribution in [0.3, 0.4) is 0 Å². The van der Waals surface area contributed by atoms with Crippen LogP contribution in [0, 0.1) is 0 Å². The molecule has 0 fully saturated rings. The average molecular weight is 349 g/mol. The van der Waals surface area contributed by atoms with Gasteiger partial charge in [-0.2, -0.15) is 0 Å². The van der Waals surface area contributed by atoms with E-state index in [-0.39, 0.29) is 6.04 Å². The minimum Gasteiger partial charge on any atom is -0.497 e. The van der Waals surface area contributed by atoms with Gasteiger partial charge in [-0.25, -0.2) is 0 Å². The Morgan fingerprint density at radius 2 is 1.69 bits per heavy atom. The Bertz CT molecular complexity index is 922. The minimum atomic E-state index is 0.220. The average Bonchev–Trinajstić information content (AvgIpc) is 2.71. The quantitative estimate of drug-likeness (QED) is 0.738. The molecule has 0 bridgehead atoms. The first-order chi connectivity index (χ1) is 12.7. The van der Waals surface area contributed by atoms with Crippen molar-refractivity contribution >= 4 is 10.8 Å². The Kier molecular flexibility index (Phi) is 4.67. The van der Waals surface area contributed by atoms with E-state index in [1.807, 2.05) is 12.1 Å². The molecule has 1 aliphatic rings. The molecular weight excluding hydrogens is 326 g/mol. The summed E-state index contributed by atoms with van der Waals surface area (Å²) in [6.07, 6.45) is 0. The molecule has 134 valence electrons. The molecule has 3 aromatic carbocycles. The zero-order valence-corrected chi connectivity index (χ0v) is 15.1. The van der Waals surface area contributed by atoms with Gasteiger partial charge in [0, 0.05) is 12.6 Å². The number of fused-ring (bicyclic) bond motifs is 2. The molecule has 1 atom stereocenters. The van der Waals surface area contributed by atoms with E-state index in [1.54, 1.807) is 7.11 Å². The second kappa shape index (κ2) is 7.26. The molecular formula is C22H23NO3. The molecule has 1 unspecified atom stereocenters. The number of hydrogen-bond acceptors (Lipinski definition) is 4. The third-order valence-electron chi connectivity index (χ3n) is 4.79. The molecule has 1 aliphatic heterocycles. The smallest absolute Gasteiger partial charge is 0.161 e. The molecule has 0 saturated heterocycles. The predicted octanol–water partition coefficient (Wildman–Crippen LogP) is 4.47. The van der Waals surface area contributed by atoms with E-state index in [0.717, 1.165) is 23.8 Å². The van der Waals surface area contributed by atoms with Gasteiger partial charge in [-0.3, -0.25) is 0 Å². The fourth-order valence-electron chi connectivity index (χ4n) is 3.23. The van der Waals surface area contributed by atoms with E-state index in [0.29, 0.717) is 13.2 Å². The Morgan fingerprint density at radius 1 is 0.923 bits per heavy atom. The van der Waals surface area contributed by atoms with E-state index in [1.165, 1.54) is 21.9 Å². The molecule has 0 spiro atoms. The summed E-state index contributed by atoms with van der Waals surface area (Å²) in [7, 11) is 1.69. The fourth-order valence-corrected chi connectivity index (χ4v) is 3.23. The highest BCUT2D eigenvalue weighted by Crippen LogP contribution is 2.32. The van der Waals surface area contributed by atoms with Gasteiger partial charge in [0.2, 0.25) is 0 Å². The lowest BCUT2D eigenvalue weighted by molar-refractivity contribution is 0.171. The number of benzene rings is 3. The van der Waals surface area contributed by atoms with Crippen molar-refractivity contribution in [1.29, 1.82) is 0 Å². The van der Waals surface area contributed by atoms with Crippen LogP contribution in [0.4, 0.5) is 0 Å². The third-order valence-corrected chi connectivity index (χ3v) is 4.79. The molecule has 1 N–H and O–H groups in total. The molecule has 4 rings (SSSR count). The van der Waals surface area contributed by atoms with Gasteiger partial charge in [-0.15, -0.1) is 0 Å². The highest BCUT2D eigenvalue weighted by atomic mass is 16.6. The van der Waals surface area contributed by atoms with Gasteiger partial charge in [0.25, 0.3) is 0 Å². The standard InChI is InChI=1S/C22H23NO3/c1-15(17-6-8-21-22(13-17)26-10-9-25-21)23-14-16-3-4-19-12-20(24-2)7-5-18(19)11-16/h3-8,11-13,15,23H,9-10,14H2,1-2H3. The maximum absolute atomic E-state index is 5.68. The first-order valence-corrected chi connectivity index (χ1v) is 8.92. The number of nitrogens with one attached hydrogen (secondary N) is 1. The zero-order chi connectivity index (χ0) is 17.9. The second-order valence-electron chi connectivity index (χ2n) is 6.55. The van der Waals surface area contributed by atoms with E-state index in [4.69, 9.17) is 14.2 Å². The molecule has 0 aromatic heterocycles. The summed E-state index contributed by atoms with van der Waals surface area (Å²) in [6, 6.07) is 19.1. The summed E-state index contributed by atoms with van der Waals surface area (Å²) >= 11 is 0. The normalized spacial score (nSPS) is 14.2. The molecule has 0 radical (unpaired) electrons. The van der Waals surface area contributed by atoms with Crippen LogP contribution in [0.5, 0.6) is 17.2 Å². The van der Waals surface area contributed by atoms with E-state index >= 15 is 0 Å². The molecule has 3 aromatic rings. The summed E-state index contributed by atoms with van der Waals surface area (Å²) in [5.41, 5.74) is 2.45. The Hall–Kier alpha value is -2.72. The first kappa shape index (κ1) is 16.7. The topological polar surface area (TPSA) is 39.7 Å². The van der Waals surface area contributed by atoms with Crippen molar-refractivity contribution in [2.75, 3.05) is 20.3 Å². The molecule has 0 amide bonds. The van der Waals surface area contributed by atoms with Crippen molar-refractivity contribution in [3.05, 3.63) is 65.7 Å². The lowest BCUT2D eigenvalue weighted by atomic mass is 10.0. The highest BCUT2D eigenvalue weighted by molar-refractivity contribution is 5.84. The lowest BCUT2D eigenvalue weighted by Crippen LogP contribution is -2.19. The highest BCUT2D eigenvalue weighted by Gasteiger charge is 2.14. The summed E-state index contributed by atoms with van der Waals surface area (Å²) in [4.78, 5) is 0. The van der Waals surface area contributed by atoms with Gasteiger partial charge in [0.15, 0.2) is 11.5 Å². The van der Waals surface area contributed by atoms with Gasteiger partial charge >= 0.3 is 0 Å². The number of rotatable bonds is 5. The molecule has 0 saturated carbocycles. The monoisotopic (exact) mass is 349 g/mol. The molecule has 4 heteroatoms. The van der Waals surface area contributed by atoms with Crippen molar-refractivity contribution in [3.63, 3.8) is 0 Å². The van der Waals surface area contributed by atoms with Crippen molar-refractivity contribution in [2.24, 2.45) is 0 Å². The van der Waals surface area contributed by atoms with Crippen LogP contribution in [0.1, 0.15) is 24.1 Å². The van der Waals surface area contributed by atoms with Crippen LogP contribution in [0.25, 0.3) is 10.8 Å². The van der Waals surface area contributed by atoms with Crippen LogP contribution >= 0.6 is 0 Å². The van der Waals surface area contributed by atoms with Crippen molar-refractivity contribution in [3.8, 4) is 17.2 Å². The SMILES string of the molecule is COc1ccc2cc(CNC(C)c3ccc4c(c3)OCCO4)ccc2c1. The summed E-state index contributed by atoms with van der Waals surface area (Å²) < 4.78 is 16.6. The Balaban J connectivity index is 1.45. The molecule has 0 aliphatic carbocycles. The van der Waals surface area contributed by atoms with E-state index < -0.39 is 0 Å². The Labute approximate surface area is 153 Å². The minimum absolute atomic E-state index is 0.220. The van der Waals surface area contributed by atoms with Crippen molar-refractivity contribution in [1.82, 2.24) is 5.32 Å². The molecule has 26 heavy (non-hydrogen) atoms. The summed E-state index contributed by atoms with van der Waals surface area (Å²) in [5, 5.41) is 6.00. The van der Waals surface area contributed by atoms with Crippen LogP contribution in [-0.4, -0.2) is 20.3 Å². The van der Waals surface area contributed by atoms with Crippen LogP contribution < -0.4 is 19.5 Å². The summed E-state index contributed by atoms with van der Waals surface area (Å²) in [6.45, 7) is 4.20. The van der Waals surface area contributed by atoms with E-state index in [2.05, 4.69) is 54.7 Å². The van der Waals surface area contributed by atoms with E-state index in [9.17, 15) is 0 Å². The lowest BCUT2D eigenvalue weighted by Gasteiger charge is -2.21. The molecule has 4 nitrogen and oxygen atoms in total. The second-order valence-corrected chi connectivity index (χ2v) is 6.55. The van der Waals surface area contributed by atoms with Crippen molar-refractivity contribution in [2.45, 2.75) is 19.5 Å². The third kappa shape index (κ3) is 3.46. The van der Waals surface area contributed by atoms with Gasteiger partial charge in [-0.1, -0.05) is 24.3 Å². The van der Waals surface area contributed by atoms with Crippen LogP contribution in [0.2, 0.25) is 0 Å². The number of ether oxygens (including phenoxy) is 3. The first-order valence-electron chi connectivity index (χ1n) is 8.92. The van der Waals surface area contributed by atoms with Gasteiger partial charge in [0.1, 0.15) is 19.0 Å². The van der Waals surface area contributed by atoms with Gasteiger partial charge < -0.3 is 19.5 Å².